The molecule has 116 valence electrons. The van der Waals surface area contributed by atoms with Crippen molar-refractivity contribution in [2.75, 3.05) is 26.7 Å². The number of methoxy groups -OCH3 is 1. The van der Waals surface area contributed by atoms with Gasteiger partial charge in [-0.1, -0.05) is 27.7 Å². The van der Waals surface area contributed by atoms with Gasteiger partial charge in [0.25, 0.3) is 0 Å². The Kier molecular flexibility index (Phi) is 6.46. The lowest BCUT2D eigenvalue weighted by atomic mass is 9.93. The van der Waals surface area contributed by atoms with Gasteiger partial charge in [0.1, 0.15) is 0 Å². The highest BCUT2D eigenvalue weighted by Gasteiger charge is 2.33. The van der Waals surface area contributed by atoms with Crippen molar-refractivity contribution in [2.45, 2.75) is 40.2 Å². The van der Waals surface area contributed by atoms with Crippen LogP contribution in [0.1, 0.15) is 34.1 Å². The molecule has 1 aliphatic rings. The number of hydrogen-bond acceptors (Lipinski definition) is 4. The van der Waals surface area contributed by atoms with E-state index in [4.69, 9.17) is 4.74 Å². The second-order valence-corrected chi connectivity index (χ2v) is 6.43. The van der Waals surface area contributed by atoms with Gasteiger partial charge in [-0.2, -0.15) is 0 Å². The van der Waals surface area contributed by atoms with Crippen molar-refractivity contribution in [1.82, 2.24) is 10.2 Å². The van der Waals surface area contributed by atoms with E-state index in [-0.39, 0.29) is 29.8 Å². The number of carbonyl (C=O) groups is 2. The number of hydrogen-bond donors (Lipinski definition) is 1. The fourth-order valence-electron chi connectivity index (χ4n) is 2.67. The second-order valence-electron chi connectivity index (χ2n) is 6.43. The Labute approximate surface area is 122 Å². The third kappa shape index (κ3) is 5.12. The Morgan fingerprint density at radius 3 is 2.40 bits per heavy atom. The van der Waals surface area contributed by atoms with Gasteiger partial charge in [0.05, 0.1) is 13.0 Å². The van der Waals surface area contributed by atoms with Gasteiger partial charge in [-0.3, -0.25) is 9.59 Å². The average molecular weight is 284 g/mol. The fraction of sp³-hybridized carbons (Fsp3) is 0.867. The summed E-state index contributed by atoms with van der Waals surface area (Å²) in [5.74, 6) is 0.220. The van der Waals surface area contributed by atoms with Crippen LogP contribution in [0.5, 0.6) is 0 Å². The number of likely N-dealkylation sites (tertiary alicyclic amines) is 1. The molecule has 1 amide bonds. The van der Waals surface area contributed by atoms with Crippen molar-refractivity contribution in [3.8, 4) is 0 Å². The molecule has 1 rings (SSSR count). The van der Waals surface area contributed by atoms with Crippen LogP contribution in [0.3, 0.4) is 0 Å². The highest BCUT2D eigenvalue weighted by Crippen LogP contribution is 2.19. The minimum Gasteiger partial charge on any atom is -0.469 e. The van der Waals surface area contributed by atoms with Crippen LogP contribution in [-0.4, -0.2) is 49.6 Å². The first-order chi connectivity index (χ1) is 9.33. The largest absolute Gasteiger partial charge is 0.469 e. The van der Waals surface area contributed by atoms with E-state index in [0.29, 0.717) is 12.3 Å². The maximum Gasteiger partial charge on any atom is 0.310 e. The molecule has 1 heterocycles. The molecule has 1 saturated heterocycles. The summed E-state index contributed by atoms with van der Waals surface area (Å²) in [6.45, 7) is 10.5. The second kappa shape index (κ2) is 7.62. The van der Waals surface area contributed by atoms with E-state index in [2.05, 4.69) is 24.1 Å². The van der Waals surface area contributed by atoms with Gasteiger partial charge < -0.3 is 15.0 Å². The summed E-state index contributed by atoms with van der Waals surface area (Å²) in [5.41, 5.74) is 0. The normalized spacial score (nSPS) is 23.9. The maximum absolute atomic E-state index is 11.8. The summed E-state index contributed by atoms with van der Waals surface area (Å²) in [6, 6.07) is 0.0292. The summed E-state index contributed by atoms with van der Waals surface area (Å²) < 4.78 is 4.87. The van der Waals surface area contributed by atoms with Crippen molar-refractivity contribution < 1.29 is 14.3 Å². The number of nitrogens with one attached hydrogen (secondary N) is 1. The molecule has 2 unspecified atom stereocenters. The van der Waals surface area contributed by atoms with Crippen LogP contribution in [0.2, 0.25) is 0 Å². The summed E-state index contributed by atoms with van der Waals surface area (Å²) >= 11 is 0. The number of piperidine rings is 1. The molecular weight excluding hydrogens is 256 g/mol. The Bertz CT molecular complexity index is 342. The van der Waals surface area contributed by atoms with E-state index in [9.17, 15) is 9.59 Å². The predicted octanol–water partition coefficient (Wildman–Crippen LogP) is 1.28. The van der Waals surface area contributed by atoms with E-state index >= 15 is 0 Å². The van der Waals surface area contributed by atoms with Crippen molar-refractivity contribution >= 4 is 11.9 Å². The summed E-state index contributed by atoms with van der Waals surface area (Å²) in [5, 5.41) is 3.04. The monoisotopic (exact) mass is 284 g/mol. The SMILES string of the molecule is COC(=O)C1CC(NC(=O)C(C)C)CN(CC(C)C)C1. The van der Waals surface area contributed by atoms with Gasteiger partial charge >= 0.3 is 5.97 Å². The number of nitrogens with zero attached hydrogens (tertiary/aromatic N) is 1. The standard InChI is InChI=1S/C15H28N2O3/c1-10(2)7-17-8-12(15(19)20-5)6-13(9-17)16-14(18)11(3)4/h10-13H,6-9H2,1-5H3,(H,16,18). The topological polar surface area (TPSA) is 58.6 Å². The van der Waals surface area contributed by atoms with E-state index in [1.165, 1.54) is 7.11 Å². The molecule has 1 aliphatic heterocycles. The van der Waals surface area contributed by atoms with E-state index in [1.807, 2.05) is 13.8 Å². The predicted molar refractivity (Wildman–Crippen MR) is 78.2 cm³/mol. The van der Waals surface area contributed by atoms with Gasteiger partial charge in [0.2, 0.25) is 5.91 Å². The summed E-state index contributed by atoms with van der Waals surface area (Å²) in [4.78, 5) is 25.9. The van der Waals surface area contributed by atoms with Crippen molar-refractivity contribution in [3.05, 3.63) is 0 Å². The smallest absolute Gasteiger partial charge is 0.310 e. The molecule has 0 aromatic heterocycles. The van der Waals surface area contributed by atoms with Gasteiger partial charge in [0.15, 0.2) is 0 Å². The highest BCUT2D eigenvalue weighted by atomic mass is 16.5. The summed E-state index contributed by atoms with van der Waals surface area (Å²) in [7, 11) is 1.42. The van der Waals surface area contributed by atoms with Crippen molar-refractivity contribution in [3.63, 3.8) is 0 Å². The van der Waals surface area contributed by atoms with Crippen LogP contribution >= 0.6 is 0 Å². The first-order valence-electron chi connectivity index (χ1n) is 7.44. The zero-order valence-corrected chi connectivity index (χ0v) is 13.3. The van der Waals surface area contributed by atoms with Crippen LogP contribution in [0, 0.1) is 17.8 Å². The summed E-state index contributed by atoms with van der Waals surface area (Å²) in [6.07, 6.45) is 0.666. The molecule has 1 fully saturated rings. The Morgan fingerprint density at radius 1 is 1.25 bits per heavy atom. The molecule has 0 saturated carbocycles. The minimum atomic E-state index is -0.178. The molecule has 0 spiro atoms. The fourth-order valence-corrected chi connectivity index (χ4v) is 2.67. The quantitative estimate of drug-likeness (QED) is 0.773. The van der Waals surface area contributed by atoms with Gasteiger partial charge in [-0.25, -0.2) is 0 Å². The molecule has 0 aliphatic carbocycles. The zero-order valence-electron chi connectivity index (χ0n) is 13.3. The number of esters is 1. The Hall–Kier alpha value is -1.10. The lowest BCUT2D eigenvalue weighted by Gasteiger charge is -2.38. The van der Waals surface area contributed by atoms with Crippen LogP contribution in [0.15, 0.2) is 0 Å². The van der Waals surface area contributed by atoms with Crippen molar-refractivity contribution in [2.24, 2.45) is 17.8 Å². The van der Waals surface area contributed by atoms with E-state index < -0.39 is 0 Å². The van der Waals surface area contributed by atoms with Crippen LogP contribution < -0.4 is 5.32 Å². The number of amides is 1. The molecule has 0 bridgehead atoms. The minimum absolute atomic E-state index is 0.0292. The van der Waals surface area contributed by atoms with Gasteiger partial charge in [-0.05, 0) is 12.3 Å². The van der Waals surface area contributed by atoms with Crippen LogP contribution in [0.25, 0.3) is 0 Å². The Morgan fingerprint density at radius 2 is 1.90 bits per heavy atom. The van der Waals surface area contributed by atoms with E-state index in [0.717, 1.165) is 19.6 Å². The van der Waals surface area contributed by atoms with Crippen LogP contribution in [-0.2, 0) is 14.3 Å². The average Bonchev–Trinajstić information content (AvgIpc) is 2.36. The maximum atomic E-state index is 11.8. The molecule has 20 heavy (non-hydrogen) atoms. The highest BCUT2D eigenvalue weighted by molar-refractivity contribution is 5.78. The third-order valence-corrected chi connectivity index (χ3v) is 3.55. The first-order valence-corrected chi connectivity index (χ1v) is 7.44. The number of carbonyl (C=O) groups excluding carboxylic acids is 2. The molecule has 0 aromatic rings. The molecular formula is C15H28N2O3. The molecule has 2 atom stereocenters. The molecule has 0 aromatic carbocycles. The first kappa shape index (κ1) is 17.0. The zero-order chi connectivity index (χ0) is 15.3. The lowest BCUT2D eigenvalue weighted by Crippen LogP contribution is -2.53. The molecule has 0 radical (unpaired) electrons. The van der Waals surface area contributed by atoms with Gasteiger partial charge in [0, 0.05) is 31.6 Å². The molecule has 5 heteroatoms. The lowest BCUT2D eigenvalue weighted by molar-refractivity contribution is -0.148. The molecule has 5 nitrogen and oxygen atoms in total. The van der Waals surface area contributed by atoms with Crippen LogP contribution in [0.4, 0.5) is 0 Å². The van der Waals surface area contributed by atoms with E-state index in [1.54, 1.807) is 0 Å². The number of ether oxygens (including phenoxy) is 1. The Balaban J connectivity index is 2.68. The third-order valence-electron chi connectivity index (χ3n) is 3.55. The number of rotatable bonds is 5. The molecule has 1 N–H and O–H groups in total. The van der Waals surface area contributed by atoms with Gasteiger partial charge in [-0.15, -0.1) is 0 Å². The van der Waals surface area contributed by atoms with Crippen molar-refractivity contribution in [1.29, 1.82) is 0 Å².